The van der Waals surface area contributed by atoms with Gasteiger partial charge in [-0.15, -0.1) is 0 Å². The van der Waals surface area contributed by atoms with E-state index >= 15 is 0 Å². The number of aliphatic hydroxyl groups excluding tert-OH is 1. The van der Waals surface area contributed by atoms with Gasteiger partial charge < -0.3 is 20.0 Å². The lowest BCUT2D eigenvalue weighted by Crippen LogP contribution is -2.27. The third kappa shape index (κ3) is 4.39. The van der Waals surface area contributed by atoms with E-state index in [1.54, 1.807) is 19.1 Å². The van der Waals surface area contributed by atoms with E-state index in [-0.39, 0.29) is 23.0 Å². The average Bonchev–Trinajstić information content (AvgIpc) is 2.44. The fourth-order valence-electron chi connectivity index (χ4n) is 2.29. The topological polar surface area (TPSA) is 127 Å². The summed E-state index contributed by atoms with van der Waals surface area (Å²) < 4.78 is 14.3. The van der Waals surface area contributed by atoms with Gasteiger partial charge >= 0.3 is 7.75 Å². The Morgan fingerprint density at radius 1 is 1.30 bits per heavy atom. The number of benzene rings is 1. The SMILES string of the molecule is CC(C(=O)C1C=CC(O)=CC1=NP(=O)(O)O)c1cccc(O)c1. The van der Waals surface area contributed by atoms with Crippen molar-refractivity contribution < 1.29 is 29.4 Å². The van der Waals surface area contributed by atoms with Crippen LogP contribution in [0, 0.1) is 5.92 Å². The van der Waals surface area contributed by atoms with Gasteiger partial charge in [0, 0.05) is 12.0 Å². The summed E-state index contributed by atoms with van der Waals surface area (Å²) >= 11 is 0. The van der Waals surface area contributed by atoms with Crippen molar-refractivity contribution in [1.29, 1.82) is 0 Å². The molecule has 0 bridgehead atoms. The molecule has 0 amide bonds. The van der Waals surface area contributed by atoms with Crippen LogP contribution in [0.2, 0.25) is 0 Å². The van der Waals surface area contributed by atoms with Crippen molar-refractivity contribution in [2.45, 2.75) is 12.8 Å². The second kappa shape index (κ2) is 6.50. The van der Waals surface area contributed by atoms with Crippen molar-refractivity contribution in [3.8, 4) is 5.75 Å². The summed E-state index contributed by atoms with van der Waals surface area (Å²) in [7, 11) is -4.74. The molecule has 0 radical (unpaired) electrons. The molecule has 2 rings (SSSR count). The van der Waals surface area contributed by atoms with E-state index in [2.05, 4.69) is 4.76 Å². The number of ketones is 1. The maximum atomic E-state index is 12.6. The number of carbonyl (C=O) groups is 1. The summed E-state index contributed by atoms with van der Waals surface area (Å²) in [6.45, 7) is 1.62. The smallest absolute Gasteiger partial charge is 0.448 e. The van der Waals surface area contributed by atoms with Crippen molar-refractivity contribution >= 4 is 19.2 Å². The predicted molar refractivity (Wildman–Crippen MR) is 84.3 cm³/mol. The molecule has 0 saturated carbocycles. The first-order chi connectivity index (χ1) is 10.7. The number of aromatic hydroxyl groups is 1. The van der Waals surface area contributed by atoms with Crippen LogP contribution in [-0.2, 0) is 9.36 Å². The molecule has 4 N–H and O–H groups in total. The summed E-state index contributed by atoms with van der Waals surface area (Å²) in [6, 6.07) is 6.19. The Morgan fingerprint density at radius 2 is 2.00 bits per heavy atom. The quantitative estimate of drug-likeness (QED) is 0.624. The Labute approximate surface area is 132 Å². The molecule has 1 aromatic carbocycles. The van der Waals surface area contributed by atoms with Crippen molar-refractivity contribution in [3.05, 3.63) is 53.8 Å². The molecule has 0 heterocycles. The van der Waals surface area contributed by atoms with E-state index in [0.29, 0.717) is 5.56 Å². The van der Waals surface area contributed by atoms with Crippen molar-refractivity contribution in [1.82, 2.24) is 0 Å². The molecule has 1 aromatic rings. The van der Waals surface area contributed by atoms with Gasteiger partial charge in [-0.05, 0) is 23.8 Å². The third-order valence-corrected chi connectivity index (χ3v) is 3.91. The lowest BCUT2D eigenvalue weighted by Gasteiger charge is -2.20. The van der Waals surface area contributed by atoms with Crippen LogP contribution in [-0.4, -0.2) is 31.5 Å². The van der Waals surface area contributed by atoms with Gasteiger partial charge in [-0.1, -0.05) is 25.1 Å². The molecule has 1 aliphatic carbocycles. The van der Waals surface area contributed by atoms with Gasteiger partial charge in [-0.2, -0.15) is 4.76 Å². The number of nitrogens with zero attached hydrogens (tertiary/aromatic N) is 1. The highest BCUT2D eigenvalue weighted by molar-refractivity contribution is 7.50. The zero-order valence-electron chi connectivity index (χ0n) is 12.2. The van der Waals surface area contributed by atoms with Crippen LogP contribution in [0.25, 0.3) is 0 Å². The monoisotopic (exact) mass is 337 g/mol. The number of hydrogen-bond acceptors (Lipinski definition) is 4. The van der Waals surface area contributed by atoms with Crippen molar-refractivity contribution in [2.24, 2.45) is 10.7 Å². The minimum Gasteiger partial charge on any atom is -0.508 e. The van der Waals surface area contributed by atoms with Crippen LogP contribution < -0.4 is 0 Å². The van der Waals surface area contributed by atoms with Crippen LogP contribution in [0.3, 0.4) is 0 Å². The van der Waals surface area contributed by atoms with E-state index in [1.807, 2.05) is 0 Å². The van der Waals surface area contributed by atoms with Crippen LogP contribution in [0.4, 0.5) is 0 Å². The number of rotatable bonds is 4. The van der Waals surface area contributed by atoms with Gasteiger partial charge in [0.25, 0.3) is 0 Å². The molecular weight excluding hydrogens is 321 g/mol. The first-order valence-corrected chi connectivity index (χ1v) is 8.31. The second-order valence-electron chi connectivity index (χ2n) is 5.16. The molecule has 23 heavy (non-hydrogen) atoms. The van der Waals surface area contributed by atoms with E-state index in [0.717, 1.165) is 6.08 Å². The summed E-state index contributed by atoms with van der Waals surface area (Å²) in [4.78, 5) is 30.6. The molecule has 2 atom stereocenters. The zero-order chi connectivity index (χ0) is 17.2. The van der Waals surface area contributed by atoms with Gasteiger partial charge in [-0.25, -0.2) is 4.57 Å². The normalized spacial score (nSPS) is 21.1. The third-order valence-electron chi connectivity index (χ3n) is 3.42. The number of Topliss-reactive ketones (excluding diaryl/α,β-unsaturated/α-hetero) is 1. The van der Waals surface area contributed by atoms with Crippen molar-refractivity contribution in [2.75, 3.05) is 0 Å². The van der Waals surface area contributed by atoms with Crippen LogP contribution in [0.1, 0.15) is 18.4 Å². The molecule has 0 saturated heterocycles. The van der Waals surface area contributed by atoms with Crippen molar-refractivity contribution in [3.63, 3.8) is 0 Å². The fraction of sp³-hybridized carbons (Fsp3) is 0.200. The lowest BCUT2D eigenvalue weighted by molar-refractivity contribution is -0.120. The maximum absolute atomic E-state index is 12.6. The molecule has 0 spiro atoms. The number of allylic oxidation sites excluding steroid dienone is 3. The van der Waals surface area contributed by atoms with Gasteiger partial charge in [0.2, 0.25) is 0 Å². The Balaban J connectivity index is 2.35. The highest BCUT2D eigenvalue weighted by Crippen LogP contribution is 2.38. The Hall–Kier alpha value is -2.21. The number of phenols is 1. The molecule has 0 fully saturated rings. The van der Waals surface area contributed by atoms with E-state index in [1.165, 1.54) is 24.3 Å². The molecule has 7 nitrogen and oxygen atoms in total. The van der Waals surface area contributed by atoms with Gasteiger partial charge in [0.05, 0.1) is 11.6 Å². The predicted octanol–water partition coefficient (Wildman–Crippen LogP) is 2.23. The molecule has 0 aliphatic heterocycles. The molecule has 8 heteroatoms. The summed E-state index contributed by atoms with van der Waals surface area (Å²) in [5.41, 5.74) is 0.369. The van der Waals surface area contributed by atoms with E-state index in [9.17, 15) is 19.6 Å². The first kappa shape index (κ1) is 17.1. The number of hydrogen-bond donors (Lipinski definition) is 4. The van der Waals surface area contributed by atoms with Gasteiger partial charge in [-0.3, -0.25) is 4.79 Å². The molecule has 122 valence electrons. The Morgan fingerprint density at radius 3 is 2.61 bits per heavy atom. The Bertz CT molecular complexity index is 761. The lowest BCUT2D eigenvalue weighted by atomic mass is 9.84. The molecular formula is C15H16NO6P. The summed E-state index contributed by atoms with van der Waals surface area (Å²) in [5, 5.41) is 19.0. The summed E-state index contributed by atoms with van der Waals surface area (Å²) in [5.74, 6) is -2.21. The standard InChI is InChI=1S/C15H16NO6P/c1-9(10-3-2-4-11(17)7-10)15(19)13-6-5-12(18)8-14(13)16-23(20,21)22/h2-9,13,17-18H,1H3,(H2,20,21,22). The van der Waals surface area contributed by atoms with Gasteiger partial charge in [0.1, 0.15) is 11.5 Å². The minimum atomic E-state index is -4.74. The van der Waals surface area contributed by atoms with E-state index in [4.69, 9.17) is 9.79 Å². The molecule has 0 aromatic heterocycles. The number of carbonyl (C=O) groups excluding carboxylic acids is 1. The van der Waals surface area contributed by atoms with Crippen LogP contribution in [0.5, 0.6) is 5.75 Å². The number of phenolic OH excluding ortho intramolecular Hbond substituents is 1. The average molecular weight is 337 g/mol. The highest BCUT2D eigenvalue weighted by Gasteiger charge is 2.30. The number of aliphatic hydroxyl groups is 1. The summed E-state index contributed by atoms with van der Waals surface area (Å²) in [6.07, 6.45) is 3.67. The first-order valence-electron chi connectivity index (χ1n) is 6.74. The van der Waals surface area contributed by atoms with Crippen LogP contribution in [0.15, 0.2) is 53.0 Å². The van der Waals surface area contributed by atoms with Gasteiger partial charge in [0.15, 0.2) is 5.78 Å². The minimum absolute atomic E-state index is 0.0167. The largest absolute Gasteiger partial charge is 0.508 e. The Kier molecular flexibility index (Phi) is 4.85. The van der Waals surface area contributed by atoms with E-state index < -0.39 is 19.6 Å². The highest BCUT2D eigenvalue weighted by atomic mass is 31.2. The maximum Gasteiger partial charge on any atom is 0.448 e. The fourth-order valence-corrected chi connectivity index (χ4v) is 2.78. The van der Waals surface area contributed by atoms with Crippen LogP contribution >= 0.6 is 7.75 Å². The molecule has 1 aliphatic rings. The second-order valence-corrected chi connectivity index (χ2v) is 6.39. The zero-order valence-corrected chi connectivity index (χ0v) is 13.1. The molecule has 2 unspecified atom stereocenters.